The fourth-order valence-corrected chi connectivity index (χ4v) is 7.64. The maximum absolute atomic E-state index is 6.77. The molecule has 2 heterocycles. The van der Waals surface area contributed by atoms with E-state index >= 15 is 0 Å². The van der Waals surface area contributed by atoms with Crippen LogP contribution in [0.4, 0.5) is 11.4 Å². The minimum atomic E-state index is -0.0883. The molecule has 0 bridgehead atoms. The fraction of sp³-hybridized carbons (Fsp3) is 0.0435. The quantitative estimate of drug-likeness (QED) is 0.190. The average molecular weight is 630 g/mol. The molecule has 0 saturated carbocycles. The molecule has 1 atom stereocenters. The maximum atomic E-state index is 6.77. The van der Waals surface area contributed by atoms with Crippen LogP contribution in [0.3, 0.4) is 0 Å². The molecule has 7 aromatic carbocycles. The molecule has 1 unspecified atom stereocenters. The lowest BCUT2D eigenvalue weighted by molar-refractivity contribution is 0.489. The van der Waals surface area contributed by atoms with E-state index in [1.54, 1.807) is 0 Å². The second-order valence-corrected chi connectivity index (χ2v) is 12.8. The van der Waals surface area contributed by atoms with Crippen molar-refractivity contribution in [3.05, 3.63) is 175 Å². The van der Waals surface area contributed by atoms with Gasteiger partial charge in [0.1, 0.15) is 22.5 Å². The number of para-hydroxylation sites is 1. The minimum Gasteiger partial charge on any atom is -0.458 e. The van der Waals surface area contributed by atoms with Crippen LogP contribution in [0, 0.1) is 0 Å². The van der Waals surface area contributed by atoms with Crippen LogP contribution in [0.15, 0.2) is 173 Å². The van der Waals surface area contributed by atoms with E-state index in [4.69, 9.17) is 8.83 Å². The van der Waals surface area contributed by atoms with E-state index in [-0.39, 0.29) is 6.04 Å². The Hall–Kier alpha value is -6.32. The molecule has 1 aliphatic carbocycles. The van der Waals surface area contributed by atoms with Crippen LogP contribution in [0.1, 0.15) is 23.8 Å². The topological polar surface area (TPSA) is 29.5 Å². The Morgan fingerprint density at radius 2 is 1.14 bits per heavy atom. The van der Waals surface area contributed by atoms with Crippen molar-refractivity contribution in [2.45, 2.75) is 12.5 Å². The van der Waals surface area contributed by atoms with E-state index < -0.39 is 0 Å². The van der Waals surface area contributed by atoms with Crippen LogP contribution in [0.2, 0.25) is 0 Å². The van der Waals surface area contributed by atoms with Crippen molar-refractivity contribution >= 4 is 61.1 Å². The third kappa shape index (κ3) is 4.58. The summed E-state index contributed by atoms with van der Waals surface area (Å²) in [6.07, 6.45) is 5.31. The second-order valence-electron chi connectivity index (χ2n) is 12.8. The summed E-state index contributed by atoms with van der Waals surface area (Å²) >= 11 is 0. The van der Waals surface area contributed by atoms with Gasteiger partial charge in [-0.15, -0.1) is 0 Å². The smallest absolute Gasteiger partial charge is 0.138 e. The van der Waals surface area contributed by atoms with Crippen molar-refractivity contribution in [2.75, 3.05) is 4.90 Å². The van der Waals surface area contributed by atoms with Crippen molar-refractivity contribution in [3.63, 3.8) is 0 Å². The highest BCUT2D eigenvalue weighted by Crippen LogP contribution is 2.49. The van der Waals surface area contributed by atoms with Gasteiger partial charge in [0.15, 0.2) is 0 Å². The maximum Gasteiger partial charge on any atom is 0.138 e. The molecule has 10 rings (SSSR count). The van der Waals surface area contributed by atoms with E-state index in [9.17, 15) is 0 Å². The number of benzene rings is 7. The summed E-state index contributed by atoms with van der Waals surface area (Å²) < 4.78 is 13.5. The van der Waals surface area contributed by atoms with Gasteiger partial charge in [-0.05, 0) is 81.9 Å². The molecule has 0 fully saturated rings. The average Bonchev–Trinajstić information content (AvgIpc) is 3.73. The number of rotatable bonds is 5. The molecule has 0 N–H and O–H groups in total. The molecule has 232 valence electrons. The van der Waals surface area contributed by atoms with Gasteiger partial charge in [-0.1, -0.05) is 127 Å². The van der Waals surface area contributed by atoms with Crippen LogP contribution < -0.4 is 4.90 Å². The zero-order valence-corrected chi connectivity index (χ0v) is 26.7. The molecule has 3 heteroatoms. The normalized spacial score (nSPS) is 14.2. The van der Waals surface area contributed by atoms with Crippen LogP contribution >= 0.6 is 0 Å². The number of nitrogens with zero attached hydrogens (tertiary/aromatic N) is 1. The van der Waals surface area contributed by atoms with Crippen molar-refractivity contribution < 1.29 is 8.83 Å². The number of anilines is 2. The predicted octanol–water partition coefficient (Wildman–Crippen LogP) is 13.1. The highest BCUT2D eigenvalue weighted by Gasteiger charge is 2.32. The van der Waals surface area contributed by atoms with Crippen molar-refractivity contribution in [3.8, 4) is 22.3 Å². The van der Waals surface area contributed by atoms with E-state index in [1.807, 2.05) is 6.07 Å². The fourth-order valence-electron chi connectivity index (χ4n) is 7.64. The Kier molecular flexibility index (Phi) is 6.31. The van der Waals surface area contributed by atoms with Gasteiger partial charge < -0.3 is 13.7 Å². The lowest BCUT2D eigenvalue weighted by Crippen LogP contribution is -2.25. The first-order chi connectivity index (χ1) is 24.3. The first kappa shape index (κ1) is 27.8. The molecule has 2 aromatic heterocycles. The minimum absolute atomic E-state index is 0.0883. The van der Waals surface area contributed by atoms with Gasteiger partial charge in [-0.25, -0.2) is 0 Å². The Morgan fingerprint density at radius 1 is 0.490 bits per heavy atom. The third-order valence-electron chi connectivity index (χ3n) is 9.96. The van der Waals surface area contributed by atoms with E-state index in [2.05, 4.69) is 169 Å². The standard InChI is InChI=1S/C46H31NO2/c1-3-12-30(13-4-1)32-22-24-36(25-23-32)47(40-20-11-19-38-37-18-9-10-21-42(37)49-46(38)40)41-27-35(31-14-5-2-6-15-31)29-44-45(41)39-26-33-16-7-8-17-34(33)28-43(39)48-44/h1-19,21-29,40H,20H2. The molecule has 0 aliphatic heterocycles. The van der Waals surface area contributed by atoms with Crippen LogP contribution in [0.25, 0.3) is 72.0 Å². The first-order valence-corrected chi connectivity index (χ1v) is 16.9. The molecule has 1 aliphatic rings. The van der Waals surface area contributed by atoms with Crippen molar-refractivity contribution in [2.24, 2.45) is 0 Å². The van der Waals surface area contributed by atoms with Gasteiger partial charge in [-0.2, -0.15) is 0 Å². The molecule has 0 spiro atoms. The monoisotopic (exact) mass is 629 g/mol. The zero-order valence-electron chi connectivity index (χ0n) is 26.7. The first-order valence-electron chi connectivity index (χ1n) is 16.9. The van der Waals surface area contributed by atoms with Gasteiger partial charge in [0, 0.05) is 22.0 Å². The SMILES string of the molecule is C1=Cc2c(oc3ccccc23)C(N(c2ccc(-c3ccccc3)cc2)c2cc(-c3ccccc3)cc3oc4cc5ccccc5cc4c23)C1. The lowest BCUT2D eigenvalue weighted by Gasteiger charge is -2.35. The van der Waals surface area contributed by atoms with Gasteiger partial charge in [0.25, 0.3) is 0 Å². The summed E-state index contributed by atoms with van der Waals surface area (Å²) in [5.74, 6) is 0.979. The van der Waals surface area contributed by atoms with E-state index in [0.29, 0.717) is 0 Å². The number of fused-ring (bicyclic) bond motifs is 7. The Morgan fingerprint density at radius 3 is 1.92 bits per heavy atom. The summed E-state index contributed by atoms with van der Waals surface area (Å²) in [7, 11) is 0. The van der Waals surface area contributed by atoms with Crippen LogP contribution in [-0.4, -0.2) is 0 Å². The molecule has 3 nitrogen and oxygen atoms in total. The largest absolute Gasteiger partial charge is 0.458 e. The molecular formula is C46H31NO2. The zero-order chi connectivity index (χ0) is 32.3. The highest BCUT2D eigenvalue weighted by molar-refractivity contribution is 6.16. The van der Waals surface area contributed by atoms with Gasteiger partial charge in [0.2, 0.25) is 0 Å². The van der Waals surface area contributed by atoms with Crippen LogP contribution in [0.5, 0.6) is 0 Å². The Balaban J connectivity index is 1.27. The van der Waals surface area contributed by atoms with Gasteiger partial charge in [0.05, 0.1) is 17.1 Å². The summed E-state index contributed by atoms with van der Waals surface area (Å²) in [5, 5.41) is 5.69. The highest BCUT2D eigenvalue weighted by atomic mass is 16.3. The van der Waals surface area contributed by atoms with Crippen LogP contribution in [-0.2, 0) is 0 Å². The Bertz CT molecular complexity index is 2680. The third-order valence-corrected chi connectivity index (χ3v) is 9.96. The predicted molar refractivity (Wildman–Crippen MR) is 203 cm³/mol. The van der Waals surface area contributed by atoms with Gasteiger partial charge >= 0.3 is 0 Å². The molecule has 0 radical (unpaired) electrons. The number of hydrogen-bond acceptors (Lipinski definition) is 3. The van der Waals surface area contributed by atoms with E-state index in [1.165, 1.54) is 16.5 Å². The lowest BCUT2D eigenvalue weighted by atomic mass is 9.94. The molecule has 0 amide bonds. The molecular weight excluding hydrogens is 599 g/mol. The second kappa shape index (κ2) is 11.1. The molecule has 49 heavy (non-hydrogen) atoms. The molecule has 9 aromatic rings. The summed E-state index contributed by atoms with van der Waals surface area (Å²) in [5.41, 5.74) is 10.6. The number of furan rings is 2. The summed E-state index contributed by atoms with van der Waals surface area (Å²) in [4.78, 5) is 2.48. The summed E-state index contributed by atoms with van der Waals surface area (Å²) in [6.45, 7) is 0. The van der Waals surface area contributed by atoms with Gasteiger partial charge in [-0.3, -0.25) is 0 Å². The van der Waals surface area contributed by atoms with Crippen molar-refractivity contribution in [1.29, 1.82) is 0 Å². The molecule has 0 saturated heterocycles. The Labute approximate surface area is 283 Å². The van der Waals surface area contributed by atoms with E-state index in [0.717, 1.165) is 78.5 Å². The summed E-state index contributed by atoms with van der Waals surface area (Å²) in [6, 6.07) is 55.9. The van der Waals surface area contributed by atoms with Crippen molar-refractivity contribution in [1.82, 2.24) is 0 Å². The number of hydrogen-bond donors (Lipinski definition) is 0.